The third-order valence-corrected chi connectivity index (χ3v) is 5.39. The Labute approximate surface area is 187 Å². The lowest BCUT2D eigenvalue weighted by atomic mass is 9.98. The SMILES string of the molecule is COc1ccc(C2CC(c3ccccc3)=NN2C(=O)COC(=O)c2ccc(C)cc2)cc1. The number of carbonyl (C=O) groups is 2. The van der Waals surface area contributed by atoms with Crippen LogP contribution < -0.4 is 4.74 Å². The molecule has 32 heavy (non-hydrogen) atoms. The van der Waals surface area contributed by atoms with Crippen molar-refractivity contribution < 1.29 is 19.1 Å². The van der Waals surface area contributed by atoms with E-state index in [4.69, 9.17) is 9.47 Å². The first-order valence-corrected chi connectivity index (χ1v) is 10.4. The van der Waals surface area contributed by atoms with Gasteiger partial charge in [0.2, 0.25) is 0 Å². The van der Waals surface area contributed by atoms with E-state index in [2.05, 4.69) is 5.10 Å². The van der Waals surface area contributed by atoms with Crippen molar-refractivity contribution in [2.75, 3.05) is 13.7 Å². The minimum atomic E-state index is -0.536. The van der Waals surface area contributed by atoms with Crippen LogP contribution in [0, 0.1) is 6.92 Å². The van der Waals surface area contributed by atoms with Crippen LogP contribution in [0.25, 0.3) is 0 Å². The summed E-state index contributed by atoms with van der Waals surface area (Å²) in [6.45, 7) is 1.55. The molecule has 1 aliphatic heterocycles. The first-order chi connectivity index (χ1) is 15.5. The highest BCUT2D eigenvalue weighted by atomic mass is 16.5. The van der Waals surface area contributed by atoms with Crippen LogP contribution in [0.3, 0.4) is 0 Å². The molecule has 0 saturated heterocycles. The van der Waals surface area contributed by atoms with Gasteiger partial charge in [-0.25, -0.2) is 9.80 Å². The fourth-order valence-corrected chi connectivity index (χ4v) is 3.60. The van der Waals surface area contributed by atoms with Gasteiger partial charge >= 0.3 is 5.97 Å². The molecule has 1 atom stereocenters. The van der Waals surface area contributed by atoms with Crippen molar-refractivity contribution in [1.29, 1.82) is 0 Å². The number of hydrogen-bond donors (Lipinski definition) is 0. The summed E-state index contributed by atoms with van der Waals surface area (Å²) >= 11 is 0. The van der Waals surface area contributed by atoms with Gasteiger partial charge < -0.3 is 9.47 Å². The molecule has 0 radical (unpaired) electrons. The van der Waals surface area contributed by atoms with Gasteiger partial charge in [0.25, 0.3) is 5.91 Å². The topological polar surface area (TPSA) is 68.2 Å². The third kappa shape index (κ3) is 4.70. The fraction of sp³-hybridized carbons (Fsp3) is 0.192. The predicted octanol–water partition coefficient (Wildman–Crippen LogP) is 4.54. The number of rotatable bonds is 6. The number of methoxy groups -OCH3 is 1. The zero-order valence-electron chi connectivity index (χ0n) is 18.0. The maximum absolute atomic E-state index is 13.0. The van der Waals surface area contributed by atoms with E-state index in [1.807, 2.05) is 73.7 Å². The number of esters is 1. The molecule has 1 unspecified atom stereocenters. The maximum Gasteiger partial charge on any atom is 0.338 e. The highest BCUT2D eigenvalue weighted by Gasteiger charge is 2.33. The molecule has 3 aromatic carbocycles. The van der Waals surface area contributed by atoms with Gasteiger partial charge in [-0.2, -0.15) is 5.10 Å². The number of amides is 1. The van der Waals surface area contributed by atoms with Crippen molar-refractivity contribution in [2.45, 2.75) is 19.4 Å². The molecule has 0 aromatic heterocycles. The fourth-order valence-electron chi connectivity index (χ4n) is 3.60. The highest BCUT2D eigenvalue weighted by Crippen LogP contribution is 2.33. The summed E-state index contributed by atoms with van der Waals surface area (Å²) < 4.78 is 10.5. The van der Waals surface area contributed by atoms with Crippen LogP contribution in [0.1, 0.15) is 39.5 Å². The van der Waals surface area contributed by atoms with E-state index in [-0.39, 0.29) is 18.6 Å². The standard InChI is InChI=1S/C26H24N2O4/c1-18-8-10-21(11-9-18)26(30)32-17-25(29)28-24(20-12-14-22(31-2)15-13-20)16-23(27-28)19-6-4-3-5-7-19/h3-15,24H,16-17H2,1-2H3. The molecule has 0 N–H and O–H groups in total. The van der Waals surface area contributed by atoms with E-state index >= 15 is 0 Å². The van der Waals surface area contributed by atoms with Crippen molar-refractivity contribution in [1.82, 2.24) is 5.01 Å². The zero-order valence-corrected chi connectivity index (χ0v) is 18.0. The zero-order chi connectivity index (χ0) is 22.5. The first kappa shape index (κ1) is 21.3. The Bertz CT molecular complexity index is 1120. The summed E-state index contributed by atoms with van der Waals surface area (Å²) in [6, 6.07) is 24.0. The van der Waals surface area contributed by atoms with Gasteiger partial charge in [0.1, 0.15) is 5.75 Å². The van der Waals surface area contributed by atoms with Crippen molar-refractivity contribution >= 4 is 17.6 Å². The Balaban J connectivity index is 1.53. The molecule has 4 rings (SSSR count). The number of carbonyl (C=O) groups excluding carboxylic acids is 2. The molecule has 6 nitrogen and oxygen atoms in total. The average molecular weight is 428 g/mol. The number of benzene rings is 3. The molecule has 0 fully saturated rings. The van der Waals surface area contributed by atoms with E-state index < -0.39 is 5.97 Å². The Morgan fingerprint density at radius 3 is 2.31 bits per heavy atom. The second-order valence-corrected chi connectivity index (χ2v) is 7.59. The smallest absolute Gasteiger partial charge is 0.338 e. The van der Waals surface area contributed by atoms with E-state index in [9.17, 15) is 9.59 Å². The molecular formula is C26H24N2O4. The second-order valence-electron chi connectivity index (χ2n) is 7.59. The molecule has 0 aliphatic carbocycles. The summed E-state index contributed by atoms with van der Waals surface area (Å²) in [5, 5.41) is 6.02. The molecule has 1 heterocycles. The molecular weight excluding hydrogens is 404 g/mol. The largest absolute Gasteiger partial charge is 0.497 e. The van der Waals surface area contributed by atoms with Crippen LogP contribution in [-0.2, 0) is 9.53 Å². The average Bonchev–Trinajstić information content (AvgIpc) is 3.29. The van der Waals surface area contributed by atoms with Gasteiger partial charge in [-0.3, -0.25) is 4.79 Å². The van der Waals surface area contributed by atoms with Crippen LogP contribution in [-0.4, -0.2) is 36.3 Å². The van der Waals surface area contributed by atoms with Gasteiger partial charge in [0, 0.05) is 6.42 Å². The van der Waals surface area contributed by atoms with Crippen LogP contribution in [0.5, 0.6) is 5.75 Å². The summed E-state index contributed by atoms with van der Waals surface area (Å²) in [6.07, 6.45) is 0.563. The molecule has 0 bridgehead atoms. The summed E-state index contributed by atoms with van der Waals surface area (Å²) in [5.41, 5.74) is 4.14. The Kier molecular flexibility index (Phi) is 6.31. The molecule has 0 saturated carbocycles. The second kappa shape index (κ2) is 9.47. The molecule has 1 aliphatic rings. The molecule has 3 aromatic rings. The minimum absolute atomic E-state index is 0.290. The van der Waals surface area contributed by atoms with Gasteiger partial charge in [-0.15, -0.1) is 0 Å². The van der Waals surface area contributed by atoms with Crippen molar-refractivity contribution in [3.05, 3.63) is 101 Å². The monoisotopic (exact) mass is 428 g/mol. The van der Waals surface area contributed by atoms with Gasteiger partial charge in [-0.1, -0.05) is 60.2 Å². The predicted molar refractivity (Wildman–Crippen MR) is 122 cm³/mol. The van der Waals surface area contributed by atoms with E-state index in [0.29, 0.717) is 12.0 Å². The van der Waals surface area contributed by atoms with Crippen LogP contribution in [0.15, 0.2) is 84.0 Å². The maximum atomic E-state index is 13.0. The Morgan fingerprint density at radius 1 is 0.969 bits per heavy atom. The van der Waals surface area contributed by atoms with Crippen molar-refractivity contribution in [2.24, 2.45) is 5.10 Å². The first-order valence-electron chi connectivity index (χ1n) is 10.4. The summed E-state index contributed by atoms with van der Waals surface area (Å²) in [4.78, 5) is 25.4. The van der Waals surface area contributed by atoms with E-state index in [1.165, 1.54) is 5.01 Å². The van der Waals surface area contributed by atoms with Crippen LogP contribution >= 0.6 is 0 Å². The van der Waals surface area contributed by atoms with Gasteiger partial charge in [-0.05, 0) is 42.3 Å². The number of hydrogen-bond acceptors (Lipinski definition) is 5. The number of nitrogens with zero attached hydrogens (tertiary/aromatic N) is 2. The third-order valence-electron chi connectivity index (χ3n) is 5.39. The van der Waals surface area contributed by atoms with E-state index in [1.54, 1.807) is 19.2 Å². The van der Waals surface area contributed by atoms with Gasteiger partial charge in [0.05, 0.1) is 24.4 Å². The molecule has 1 amide bonds. The number of ether oxygens (including phenoxy) is 2. The highest BCUT2D eigenvalue weighted by molar-refractivity contribution is 6.03. The lowest BCUT2D eigenvalue weighted by Gasteiger charge is -2.22. The van der Waals surface area contributed by atoms with Crippen molar-refractivity contribution in [3.8, 4) is 5.75 Å². The number of hydrazone groups is 1. The Hall–Kier alpha value is -3.93. The van der Waals surface area contributed by atoms with Crippen LogP contribution in [0.2, 0.25) is 0 Å². The molecule has 6 heteroatoms. The lowest BCUT2D eigenvalue weighted by Crippen LogP contribution is -2.31. The van der Waals surface area contributed by atoms with E-state index in [0.717, 1.165) is 28.2 Å². The quantitative estimate of drug-likeness (QED) is 0.541. The summed E-state index contributed by atoms with van der Waals surface area (Å²) in [7, 11) is 1.61. The number of aryl methyl sites for hydroxylation is 1. The molecule has 0 spiro atoms. The normalized spacial score (nSPS) is 15.2. The summed E-state index contributed by atoms with van der Waals surface area (Å²) in [5.74, 6) is -0.177. The lowest BCUT2D eigenvalue weighted by molar-refractivity contribution is -0.136. The van der Waals surface area contributed by atoms with Gasteiger partial charge in [0.15, 0.2) is 6.61 Å². The Morgan fingerprint density at radius 2 is 1.66 bits per heavy atom. The van der Waals surface area contributed by atoms with Crippen molar-refractivity contribution in [3.63, 3.8) is 0 Å². The molecule has 162 valence electrons. The minimum Gasteiger partial charge on any atom is -0.497 e. The van der Waals surface area contributed by atoms with Crippen LogP contribution in [0.4, 0.5) is 0 Å².